The van der Waals surface area contributed by atoms with Crippen molar-refractivity contribution >= 4 is 28.6 Å². The fourth-order valence-corrected chi connectivity index (χ4v) is 3.15. The summed E-state index contributed by atoms with van der Waals surface area (Å²) >= 11 is 0. The summed E-state index contributed by atoms with van der Waals surface area (Å²) in [5, 5.41) is 2.78. The molecule has 4 rings (SSSR count). The average molecular weight is 334 g/mol. The van der Waals surface area contributed by atoms with Gasteiger partial charge in [-0.05, 0) is 36.4 Å². The molecule has 0 aromatic heterocycles. The van der Waals surface area contributed by atoms with Crippen LogP contribution in [0.3, 0.4) is 0 Å². The second-order valence-electron chi connectivity index (χ2n) is 6.07. The molecule has 2 heterocycles. The Morgan fingerprint density at radius 1 is 1.04 bits per heavy atom. The Balaban J connectivity index is 1.56. The maximum Gasteiger partial charge on any atom is 0.256 e. The lowest BCUT2D eigenvalue weighted by molar-refractivity contribution is -0.110. The van der Waals surface area contributed by atoms with Crippen LogP contribution < -0.4 is 10.2 Å². The first-order valence-electron chi connectivity index (χ1n) is 8.32. The van der Waals surface area contributed by atoms with Crippen molar-refractivity contribution in [3.05, 3.63) is 65.7 Å². The number of allylic oxidation sites excluding steroid dienone is 1. The Morgan fingerprint density at radius 3 is 2.52 bits per heavy atom. The fourth-order valence-electron chi connectivity index (χ4n) is 3.15. The second-order valence-corrected chi connectivity index (χ2v) is 6.07. The number of nitrogens with zero attached hydrogens (tertiary/aromatic N) is 1. The molecular formula is C20H18N2O3. The maximum absolute atomic E-state index is 12.6. The van der Waals surface area contributed by atoms with Crippen molar-refractivity contribution in [1.29, 1.82) is 0 Å². The molecular weight excluding hydrogens is 316 g/mol. The van der Waals surface area contributed by atoms with Crippen molar-refractivity contribution in [3.8, 4) is 0 Å². The van der Waals surface area contributed by atoms with Gasteiger partial charge in [-0.15, -0.1) is 0 Å². The van der Waals surface area contributed by atoms with Crippen LogP contribution >= 0.6 is 0 Å². The number of carbonyl (C=O) groups is 2. The minimum atomic E-state index is -0.237. The maximum atomic E-state index is 12.6. The lowest BCUT2D eigenvalue weighted by Gasteiger charge is -2.28. The Kier molecular flexibility index (Phi) is 4.07. The molecule has 0 aliphatic carbocycles. The largest absolute Gasteiger partial charge is 0.378 e. The molecule has 1 N–H and O–H groups in total. The number of rotatable bonds is 3. The summed E-state index contributed by atoms with van der Waals surface area (Å²) in [6, 6.07) is 14.9. The first kappa shape index (κ1) is 15.6. The number of hydrogen-bond acceptors (Lipinski definition) is 4. The van der Waals surface area contributed by atoms with E-state index in [1.54, 1.807) is 0 Å². The second kappa shape index (κ2) is 6.53. The molecule has 25 heavy (non-hydrogen) atoms. The summed E-state index contributed by atoms with van der Waals surface area (Å²) in [6.07, 6.45) is 1.42. The number of fused-ring (bicyclic) bond motifs is 1. The van der Waals surface area contributed by atoms with Gasteiger partial charge in [0.25, 0.3) is 5.91 Å². The molecule has 126 valence electrons. The van der Waals surface area contributed by atoms with Gasteiger partial charge in [-0.25, -0.2) is 0 Å². The molecule has 1 amide bonds. The molecule has 0 bridgehead atoms. The van der Waals surface area contributed by atoms with Crippen molar-refractivity contribution in [2.24, 2.45) is 0 Å². The minimum Gasteiger partial charge on any atom is -0.378 e. The smallest absolute Gasteiger partial charge is 0.256 e. The van der Waals surface area contributed by atoms with E-state index in [1.165, 1.54) is 6.08 Å². The fraction of sp³-hybridized carbons (Fsp3) is 0.200. The lowest BCUT2D eigenvalue weighted by Crippen LogP contribution is -2.36. The van der Waals surface area contributed by atoms with Crippen LogP contribution in [0.5, 0.6) is 0 Å². The standard InChI is InChI=1S/C20H18N2O3/c23-19(13-17-16-3-1-2-4-18(16)21-20(17)24)14-5-7-15(8-6-14)22-9-11-25-12-10-22/h1-8,13H,9-12H2,(H,21,24)/b17-13-. The quantitative estimate of drug-likeness (QED) is 0.693. The van der Waals surface area contributed by atoms with Crippen LogP contribution in [0.25, 0.3) is 5.57 Å². The number of ether oxygens (including phenoxy) is 1. The van der Waals surface area contributed by atoms with Gasteiger partial charge in [0.2, 0.25) is 0 Å². The number of amides is 1. The Hall–Kier alpha value is -2.92. The van der Waals surface area contributed by atoms with Gasteiger partial charge in [-0.2, -0.15) is 0 Å². The van der Waals surface area contributed by atoms with Crippen LogP contribution in [0.2, 0.25) is 0 Å². The van der Waals surface area contributed by atoms with Gasteiger partial charge in [0.15, 0.2) is 5.78 Å². The van der Waals surface area contributed by atoms with Crippen molar-refractivity contribution in [2.45, 2.75) is 0 Å². The molecule has 2 aliphatic heterocycles. The van der Waals surface area contributed by atoms with Crippen LogP contribution in [0.15, 0.2) is 54.6 Å². The Labute approximate surface area is 145 Å². The summed E-state index contributed by atoms with van der Waals surface area (Å²) in [5.74, 6) is -0.408. The van der Waals surface area contributed by atoms with Gasteiger partial charge in [0.1, 0.15) is 0 Å². The van der Waals surface area contributed by atoms with E-state index in [2.05, 4.69) is 10.2 Å². The summed E-state index contributed by atoms with van der Waals surface area (Å²) in [6.45, 7) is 3.16. The molecule has 2 aliphatic rings. The van der Waals surface area contributed by atoms with E-state index in [0.29, 0.717) is 11.1 Å². The summed E-state index contributed by atoms with van der Waals surface area (Å²) in [4.78, 5) is 26.9. The van der Waals surface area contributed by atoms with Crippen LogP contribution in [0.1, 0.15) is 15.9 Å². The van der Waals surface area contributed by atoms with Gasteiger partial charge in [-0.3, -0.25) is 9.59 Å². The van der Waals surface area contributed by atoms with Crippen molar-refractivity contribution in [3.63, 3.8) is 0 Å². The molecule has 5 nitrogen and oxygen atoms in total. The number of carbonyl (C=O) groups excluding carboxylic acids is 2. The van der Waals surface area contributed by atoms with E-state index in [-0.39, 0.29) is 11.7 Å². The molecule has 1 fully saturated rings. The van der Waals surface area contributed by atoms with E-state index in [1.807, 2.05) is 48.5 Å². The van der Waals surface area contributed by atoms with E-state index in [0.717, 1.165) is 43.2 Å². The minimum absolute atomic E-state index is 0.171. The highest BCUT2D eigenvalue weighted by Crippen LogP contribution is 2.31. The zero-order valence-corrected chi connectivity index (χ0v) is 13.7. The van der Waals surface area contributed by atoms with Crippen molar-refractivity contribution in [1.82, 2.24) is 0 Å². The monoisotopic (exact) mass is 334 g/mol. The predicted molar refractivity (Wildman–Crippen MR) is 96.9 cm³/mol. The van der Waals surface area contributed by atoms with E-state index in [9.17, 15) is 9.59 Å². The molecule has 1 saturated heterocycles. The molecule has 2 aromatic carbocycles. The van der Waals surface area contributed by atoms with E-state index in [4.69, 9.17) is 4.74 Å². The van der Waals surface area contributed by atoms with Crippen molar-refractivity contribution in [2.75, 3.05) is 36.5 Å². The highest BCUT2D eigenvalue weighted by atomic mass is 16.5. The lowest BCUT2D eigenvalue weighted by atomic mass is 10.0. The zero-order valence-electron chi connectivity index (χ0n) is 13.7. The molecule has 0 unspecified atom stereocenters. The molecule has 0 spiro atoms. The topological polar surface area (TPSA) is 58.6 Å². The highest BCUT2D eigenvalue weighted by molar-refractivity contribution is 6.35. The van der Waals surface area contributed by atoms with Crippen molar-refractivity contribution < 1.29 is 14.3 Å². The number of ketones is 1. The normalized spacial score (nSPS) is 18.2. The average Bonchev–Trinajstić information content (AvgIpc) is 2.98. The Bertz CT molecular complexity index is 849. The first-order valence-corrected chi connectivity index (χ1v) is 8.32. The van der Waals surface area contributed by atoms with Gasteiger partial charge in [0, 0.05) is 35.6 Å². The number of anilines is 2. The Morgan fingerprint density at radius 2 is 1.76 bits per heavy atom. The zero-order chi connectivity index (χ0) is 17.2. The highest BCUT2D eigenvalue weighted by Gasteiger charge is 2.24. The number of morpholine rings is 1. The predicted octanol–water partition coefficient (Wildman–Crippen LogP) is 2.74. The van der Waals surface area contributed by atoms with Crippen LogP contribution in [0, 0.1) is 0 Å². The summed E-state index contributed by atoms with van der Waals surface area (Å²) in [5.41, 5.74) is 3.58. The number of para-hydroxylation sites is 1. The van der Waals surface area contributed by atoms with Crippen LogP contribution in [-0.4, -0.2) is 38.0 Å². The van der Waals surface area contributed by atoms with E-state index < -0.39 is 0 Å². The van der Waals surface area contributed by atoms with Crippen LogP contribution in [0.4, 0.5) is 11.4 Å². The third-order valence-electron chi connectivity index (χ3n) is 4.51. The molecule has 0 saturated carbocycles. The number of nitrogens with one attached hydrogen (secondary N) is 1. The van der Waals surface area contributed by atoms with Gasteiger partial charge < -0.3 is 15.0 Å². The molecule has 2 aromatic rings. The molecule has 5 heteroatoms. The molecule has 0 atom stereocenters. The first-order chi connectivity index (χ1) is 12.2. The summed E-state index contributed by atoms with van der Waals surface area (Å²) in [7, 11) is 0. The van der Waals surface area contributed by atoms with Crippen LogP contribution in [-0.2, 0) is 9.53 Å². The number of benzene rings is 2. The number of hydrogen-bond donors (Lipinski definition) is 1. The van der Waals surface area contributed by atoms with Gasteiger partial charge in [-0.1, -0.05) is 18.2 Å². The van der Waals surface area contributed by atoms with E-state index >= 15 is 0 Å². The van der Waals surface area contributed by atoms with Gasteiger partial charge in [0.05, 0.1) is 18.8 Å². The van der Waals surface area contributed by atoms with Gasteiger partial charge >= 0.3 is 0 Å². The SMILES string of the molecule is O=C1Nc2ccccc2/C1=C/C(=O)c1ccc(N2CCOCC2)cc1. The molecule has 0 radical (unpaired) electrons. The third-order valence-corrected chi connectivity index (χ3v) is 4.51. The third kappa shape index (κ3) is 3.06. The summed E-state index contributed by atoms with van der Waals surface area (Å²) < 4.78 is 5.35.